The van der Waals surface area contributed by atoms with E-state index in [2.05, 4.69) is 17.4 Å². The Bertz CT molecular complexity index is 702. The van der Waals surface area contributed by atoms with Crippen LogP contribution in [0.25, 0.3) is 5.57 Å². The van der Waals surface area contributed by atoms with E-state index >= 15 is 0 Å². The van der Waals surface area contributed by atoms with E-state index in [1.807, 2.05) is 31.2 Å². The summed E-state index contributed by atoms with van der Waals surface area (Å²) in [7, 11) is 3.65. The van der Waals surface area contributed by atoms with Gasteiger partial charge in [-0.1, -0.05) is 35.3 Å². The second kappa shape index (κ2) is 7.06. The summed E-state index contributed by atoms with van der Waals surface area (Å²) in [6, 6.07) is 5.96. The number of rotatable bonds is 4. The fourth-order valence-corrected chi connectivity index (χ4v) is 4.18. The number of aliphatic hydroxyl groups is 1. The maximum Gasteiger partial charge on any atom is 0.0752 e. The van der Waals surface area contributed by atoms with E-state index in [9.17, 15) is 5.11 Å². The normalized spacial score (nSPS) is 27.8. The highest BCUT2D eigenvalue weighted by atomic mass is 35.5. The third-order valence-electron chi connectivity index (χ3n) is 5.01. The number of likely N-dealkylation sites (N-methyl/N-ethyl adjacent to an activating group) is 1. The highest BCUT2D eigenvalue weighted by molar-refractivity contribution is 6.42. The SMILES string of the molecule is CC=C(NOC)C1=C(c2ccc(Cl)c(Cl)c2)CC2CC(O)[C@@H]1N2C. The van der Waals surface area contributed by atoms with Crippen LogP contribution in [0, 0.1) is 0 Å². The number of halogens is 2. The third kappa shape index (κ3) is 2.98. The zero-order valence-corrected chi connectivity index (χ0v) is 15.5. The van der Waals surface area contributed by atoms with E-state index in [-0.39, 0.29) is 6.04 Å². The molecule has 2 aliphatic heterocycles. The molecule has 2 bridgehead atoms. The highest BCUT2D eigenvalue weighted by Gasteiger charge is 2.46. The number of nitrogens with zero attached hydrogens (tertiary/aromatic N) is 1. The fourth-order valence-electron chi connectivity index (χ4n) is 3.88. The Hall–Kier alpha value is -1.04. The van der Waals surface area contributed by atoms with Gasteiger partial charge in [0.15, 0.2) is 0 Å². The van der Waals surface area contributed by atoms with Gasteiger partial charge >= 0.3 is 0 Å². The lowest BCUT2D eigenvalue weighted by Gasteiger charge is -2.37. The first-order chi connectivity index (χ1) is 11.5. The Morgan fingerprint density at radius 1 is 1.38 bits per heavy atom. The molecule has 24 heavy (non-hydrogen) atoms. The number of fused-ring (bicyclic) bond motifs is 2. The number of benzene rings is 1. The molecule has 0 saturated carbocycles. The van der Waals surface area contributed by atoms with Crippen molar-refractivity contribution in [3.05, 3.63) is 51.2 Å². The fraction of sp³-hybridized carbons (Fsp3) is 0.444. The second-order valence-electron chi connectivity index (χ2n) is 6.30. The monoisotopic (exact) mass is 368 g/mol. The number of allylic oxidation sites excluding steroid dienone is 1. The molecule has 6 heteroatoms. The Balaban J connectivity index is 2.17. The molecule has 0 amide bonds. The lowest BCUT2D eigenvalue weighted by Crippen LogP contribution is -2.42. The minimum Gasteiger partial charge on any atom is -0.391 e. The lowest BCUT2D eigenvalue weighted by molar-refractivity contribution is 0.109. The van der Waals surface area contributed by atoms with Crippen molar-refractivity contribution >= 4 is 28.8 Å². The molecule has 1 fully saturated rings. The van der Waals surface area contributed by atoms with Crippen molar-refractivity contribution < 1.29 is 9.94 Å². The van der Waals surface area contributed by atoms with E-state index in [4.69, 9.17) is 28.0 Å². The van der Waals surface area contributed by atoms with Crippen molar-refractivity contribution in [1.82, 2.24) is 10.4 Å². The molecule has 1 aromatic rings. The number of hydroxylamine groups is 1. The van der Waals surface area contributed by atoms with Gasteiger partial charge in [0.2, 0.25) is 0 Å². The molecular weight excluding hydrogens is 347 g/mol. The summed E-state index contributed by atoms with van der Waals surface area (Å²) in [5, 5.41) is 11.7. The minimum atomic E-state index is -0.399. The van der Waals surface area contributed by atoms with Crippen LogP contribution in [0.2, 0.25) is 10.0 Å². The van der Waals surface area contributed by atoms with Crippen LogP contribution in [0.3, 0.4) is 0 Å². The van der Waals surface area contributed by atoms with Gasteiger partial charge in [-0.2, -0.15) is 0 Å². The summed E-state index contributed by atoms with van der Waals surface area (Å²) < 4.78 is 0. The van der Waals surface area contributed by atoms with Crippen molar-refractivity contribution in [3.8, 4) is 0 Å². The predicted octanol–water partition coefficient (Wildman–Crippen LogP) is 3.64. The zero-order valence-electron chi connectivity index (χ0n) is 14.0. The molecular formula is C18H22Cl2N2O2. The topological polar surface area (TPSA) is 44.7 Å². The summed E-state index contributed by atoms with van der Waals surface area (Å²) in [6.07, 6.45) is 3.18. The minimum absolute atomic E-state index is 0.0675. The molecule has 2 unspecified atom stereocenters. The second-order valence-corrected chi connectivity index (χ2v) is 7.12. The van der Waals surface area contributed by atoms with Crippen molar-refractivity contribution in [2.45, 2.75) is 38.0 Å². The van der Waals surface area contributed by atoms with E-state index in [0.717, 1.165) is 29.7 Å². The van der Waals surface area contributed by atoms with Crippen molar-refractivity contribution in [3.63, 3.8) is 0 Å². The van der Waals surface area contributed by atoms with Crippen LogP contribution in [-0.2, 0) is 4.84 Å². The van der Waals surface area contributed by atoms with E-state index < -0.39 is 6.10 Å². The van der Waals surface area contributed by atoms with Gasteiger partial charge in [-0.15, -0.1) is 0 Å². The smallest absolute Gasteiger partial charge is 0.0752 e. The molecule has 2 heterocycles. The summed E-state index contributed by atoms with van der Waals surface area (Å²) in [6.45, 7) is 1.95. The quantitative estimate of drug-likeness (QED) is 0.796. The predicted molar refractivity (Wildman–Crippen MR) is 97.9 cm³/mol. The van der Waals surface area contributed by atoms with Gasteiger partial charge in [-0.3, -0.25) is 15.2 Å². The average Bonchev–Trinajstić information content (AvgIpc) is 2.74. The van der Waals surface area contributed by atoms with Gasteiger partial charge in [-0.05, 0) is 50.1 Å². The molecule has 130 valence electrons. The van der Waals surface area contributed by atoms with Crippen molar-refractivity contribution in [2.75, 3.05) is 14.2 Å². The highest BCUT2D eigenvalue weighted by Crippen LogP contribution is 2.45. The van der Waals surface area contributed by atoms with Crippen molar-refractivity contribution in [2.24, 2.45) is 0 Å². The Morgan fingerprint density at radius 2 is 2.12 bits per heavy atom. The van der Waals surface area contributed by atoms with Crippen LogP contribution < -0.4 is 5.48 Å². The first-order valence-electron chi connectivity index (χ1n) is 8.02. The molecule has 0 radical (unpaired) electrons. The van der Waals surface area contributed by atoms with E-state index in [1.165, 1.54) is 5.57 Å². The lowest BCUT2D eigenvalue weighted by atomic mass is 9.86. The summed E-state index contributed by atoms with van der Waals surface area (Å²) in [5.41, 5.74) is 7.10. The van der Waals surface area contributed by atoms with Crippen LogP contribution in [0.4, 0.5) is 0 Å². The largest absolute Gasteiger partial charge is 0.391 e. The molecule has 2 N–H and O–H groups in total. The molecule has 0 aliphatic carbocycles. The number of nitrogens with one attached hydrogen (secondary N) is 1. The molecule has 1 aromatic carbocycles. The van der Waals surface area contributed by atoms with Crippen molar-refractivity contribution in [1.29, 1.82) is 0 Å². The molecule has 3 atom stereocenters. The van der Waals surface area contributed by atoms with Crippen LogP contribution in [0.5, 0.6) is 0 Å². The van der Waals surface area contributed by atoms with Gasteiger partial charge in [0.25, 0.3) is 0 Å². The van der Waals surface area contributed by atoms with Crippen LogP contribution in [0.1, 0.15) is 25.3 Å². The van der Waals surface area contributed by atoms with Crippen LogP contribution >= 0.6 is 23.2 Å². The molecule has 0 aromatic heterocycles. The molecule has 2 aliphatic rings. The van der Waals surface area contributed by atoms with Crippen LogP contribution in [-0.4, -0.2) is 42.4 Å². The van der Waals surface area contributed by atoms with Gasteiger partial charge < -0.3 is 5.11 Å². The van der Waals surface area contributed by atoms with E-state index in [1.54, 1.807) is 7.11 Å². The average molecular weight is 369 g/mol. The maximum atomic E-state index is 10.6. The van der Waals surface area contributed by atoms with Gasteiger partial charge in [0.1, 0.15) is 0 Å². The molecule has 3 rings (SSSR count). The first-order valence-corrected chi connectivity index (χ1v) is 8.77. The van der Waals surface area contributed by atoms with Gasteiger partial charge in [0.05, 0.1) is 35.0 Å². The van der Waals surface area contributed by atoms with E-state index in [0.29, 0.717) is 16.1 Å². The molecule has 0 spiro atoms. The summed E-state index contributed by atoms with van der Waals surface area (Å²) >= 11 is 12.3. The number of hydrogen-bond donors (Lipinski definition) is 2. The molecule has 1 saturated heterocycles. The third-order valence-corrected chi connectivity index (χ3v) is 5.75. The summed E-state index contributed by atoms with van der Waals surface area (Å²) in [5.74, 6) is 0. The molecule has 4 nitrogen and oxygen atoms in total. The Labute approximate surface area is 152 Å². The maximum absolute atomic E-state index is 10.6. The summed E-state index contributed by atoms with van der Waals surface area (Å²) in [4.78, 5) is 7.40. The zero-order chi connectivity index (χ0) is 17.4. The van der Waals surface area contributed by atoms with Gasteiger partial charge in [0, 0.05) is 11.6 Å². The first kappa shape index (κ1) is 17.8. The van der Waals surface area contributed by atoms with Gasteiger partial charge in [-0.25, -0.2) is 0 Å². The van der Waals surface area contributed by atoms with Crippen LogP contribution in [0.15, 0.2) is 35.5 Å². The number of aliphatic hydroxyl groups excluding tert-OH is 1. The Morgan fingerprint density at radius 3 is 2.75 bits per heavy atom. The number of hydrogen-bond acceptors (Lipinski definition) is 4. The standard InChI is InChI=1S/C18H22Cl2N2O2/c1-4-15(21-24-3)17-12(10-5-6-13(19)14(20)7-10)8-11-9-16(23)18(17)22(11)2/h4-7,11,16,18,21,23H,8-9H2,1-3H3/t11?,16?,18-/m0/s1. The Kier molecular flexibility index (Phi) is 5.23.